The zero-order valence-electron chi connectivity index (χ0n) is 15.1. The molecule has 26 heavy (non-hydrogen) atoms. The van der Waals surface area contributed by atoms with E-state index in [1.807, 2.05) is 48.3 Å². The van der Waals surface area contributed by atoms with Crippen LogP contribution in [0.1, 0.15) is 12.6 Å². The van der Waals surface area contributed by atoms with Crippen LogP contribution in [0.3, 0.4) is 0 Å². The van der Waals surface area contributed by atoms with Gasteiger partial charge in [0.1, 0.15) is 24.6 Å². The van der Waals surface area contributed by atoms with Crippen LogP contribution in [-0.4, -0.2) is 22.6 Å². The molecule has 2 heterocycles. The number of aryl methyl sites for hydroxylation is 2. The first-order valence-corrected chi connectivity index (χ1v) is 9.70. The van der Waals surface area contributed by atoms with Gasteiger partial charge in [-0.3, -0.25) is 0 Å². The smallest absolute Gasteiger partial charge is 0.243 e. The Labute approximate surface area is 162 Å². The van der Waals surface area contributed by atoms with Crippen molar-refractivity contribution in [3.63, 3.8) is 0 Å². The van der Waals surface area contributed by atoms with Gasteiger partial charge in [0.25, 0.3) is 0 Å². The molecule has 0 radical (unpaired) electrons. The zero-order chi connectivity index (χ0) is 18.5. The number of thiazole rings is 1. The van der Waals surface area contributed by atoms with E-state index in [9.17, 15) is 0 Å². The number of hydrogen-bond donors (Lipinski definition) is 0. The highest BCUT2D eigenvalue weighted by atomic mass is 35.5. The Hall–Kier alpha value is -2.25. The summed E-state index contributed by atoms with van der Waals surface area (Å²) in [6.07, 6.45) is 6.19. The number of benzene rings is 1. The van der Waals surface area contributed by atoms with Crippen molar-refractivity contribution in [2.45, 2.75) is 20.4 Å². The van der Waals surface area contributed by atoms with E-state index >= 15 is 0 Å². The van der Waals surface area contributed by atoms with Gasteiger partial charge in [-0.1, -0.05) is 11.6 Å². The van der Waals surface area contributed by atoms with Crippen molar-refractivity contribution >= 4 is 39.4 Å². The minimum absolute atomic E-state index is 0.588. The van der Waals surface area contributed by atoms with E-state index in [0.29, 0.717) is 15.8 Å². The van der Waals surface area contributed by atoms with Crippen molar-refractivity contribution in [1.82, 2.24) is 9.55 Å². The third-order valence-electron chi connectivity index (χ3n) is 3.98. The molecule has 2 aromatic heterocycles. The fourth-order valence-corrected chi connectivity index (χ4v) is 3.42. The minimum atomic E-state index is 0.588. The Morgan fingerprint density at radius 2 is 2.19 bits per heavy atom. The van der Waals surface area contributed by atoms with Crippen molar-refractivity contribution in [1.29, 1.82) is 0 Å². The third kappa shape index (κ3) is 4.68. The summed E-state index contributed by atoms with van der Waals surface area (Å²) < 4.78 is 4.21. The van der Waals surface area contributed by atoms with Gasteiger partial charge in [0.15, 0.2) is 0 Å². The topological polar surface area (TPSA) is 49.7 Å². The van der Waals surface area contributed by atoms with E-state index < -0.39 is 0 Å². The van der Waals surface area contributed by atoms with Crippen LogP contribution >= 0.6 is 22.9 Å². The second kappa shape index (κ2) is 8.42. The van der Waals surface area contributed by atoms with Gasteiger partial charge in [0.2, 0.25) is 11.5 Å². The summed E-state index contributed by atoms with van der Waals surface area (Å²) in [7, 11) is 2.02. The average Bonchev–Trinajstić information content (AvgIpc) is 3.23. The molecule has 6 nitrogen and oxygen atoms in total. The molecule has 1 aromatic carbocycles. The lowest BCUT2D eigenvalue weighted by atomic mass is 10.2. The first-order valence-electron chi connectivity index (χ1n) is 8.44. The van der Waals surface area contributed by atoms with Crippen LogP contribution < -0.4 is 9.47 Å². The number of azo groups is 1. The molecule has 0 unspecified atom stereocenters. The molecular weight excluding hydrogens is 368 g/mol. The Balaban J connectivity index is 1.69. The number of aromatic nitrogens is 3. The summed E-state index contributed by atoms with van der Waals surface area (Å²) in [6, 6.07) is 5.88. The number of halogens is 1. The molecular formula is C18H22ClN6S+. The Bertz CT molecular complexity index is 901. The van der Waals surface area contributed by atoms with E-state index in [0.717, 1.165) is 31.0 Å². The quantitative estimate of drug-likeness (QED) is 0.435. The van der Waals surface area contributed by atoms with Gasteiger partial charge in [-0.15, -0.1) is 21.6 Å². The summed E-state index contributed by atoms with van der Waals surface area (Å²) in [5, 5.41) is 11.6. The van der Waals surface area contributed by atoms with Gasteiger partial charge < -0.3 is 4.90 Å². The summed E-state index contributed by atoms with van der Waals surface area (Å²) in [6.45, 7) is 6.80. The highest BCUT2D eigenvalue weighted by Gasteiger charge is 2.10. The third-order valence-corrected chi connectivity index (χ3v) is 5.13. The Morgan fingerprint density at radius 1 is 1.35 bits per heavy atom. The predicted octanol–water partition coefficient (Wildman–Crippen LogP) is 4.67. The van der Waals surface area contributed by atoms with E-state index in [1.165, 1.54) is 11.3 Å². The molecule has 8 heteroatoms. The van der Waals surface area contributed by atoms with Gasteiger partial charge >= 0.3 is 0 Å². The van der Waals surface area contributed by atoms with Crippen molar-refractivity contribution in [3.8, 4) is 0 Å². The van der Waals surface area contributed by atoms with Crippen molar-refractivity contribution in [2.24, 2.45) is 17.3 Å². The fourth-order valence-electron chi connectivity index (χ4n) is 2.60. The Morgan fingerprint density at radius 3 is 2.81 bits per heavy atom. The molecule has 0 spiro atoms. The lowest BCUT2D eigenvalue weighted by molar-refractivity contribution is -0.671. The molecule has 0 bridgehead atoms. The number of rotatable bonds is 7. The maximum absolute atomic E-state index is 6.42. The van der Waals surface area contributed by atoms with Crippen molar-refractivity contribution in [2.75, 3.05) is 18.0 Å². The number of hydrogen-bond acceptors (Lipinski definition) is 5. The molecule has 0 aliphatic rings. The normalized spacial score (nSPS) is 11.4. The van der Waals surface area contributed by atoms with Crippen LogP contribution in [0.2, 0.25) is 5.02 Å². The molecule has 0 fully saturated rings. The van der Waals surface area contributed by atoms with Gasteiger partial charge in [0.05, 0.1) is 24.3 Å². The standard InChI is InChI=1S/C18H22ClN6S/c1-4-25(10-9-24-8-7-23(3)13-24)15-5-6-17(16(19)11-15)21-22-18-20-14(2)12-26-18/h5-8,11-13H,4,9-10H2,1-3H3/q+1/b22-21+. The second-order valence-electron chi connectivity index (χ2n) is 6.00. The van der Waals surface area contributed by atoms with Gasteiger partial charge in [0, 0.05) is 17.6 Å². The van der Waals surface area contributed by atoms with E-state index in [-0.39, 0.29) is 0 Å². The van der Waals surface area contributed by atoms with Crippen LogP contribution in [0.4, 0.5) is 16.5 Å². The number of imidazole rings is 1. The highest BCUT2D eigenvalue weighted by Crippen LogP contribution is 2.31. The minimum Gasteiger partial charge on any atom is -0.368 e. The summed E-state index contributed by atoms with van der Waals surface area (Å²) in [5.74, 6) is 0. The van der Waals surface area contributed by atoms with E-state index in [4.69, 9.17) is 11.6 Å². The predicted molar refractivity (Wildman–Crippen MR) is 106 cm³/mol. The van der Waals surface area contributed by atoms with E-state index in [2.05, 4.69) is 44.1 Å². The molecule has 0 aliphatic carbocycles. The largest absolute Gasteiger partial charge is 0.368 e. The lowest BCUT2D eigenvalue weighted by Gasteiger charge is -2.22. The number of anilines is 1. The second-order valence-corrected chi connectivity index (χ2v) is 7.25. The van der Waals surface area contributed by atoms with Crippen molar-refractivity contribution < 1.29 is 4.57 Å². The maximum atomic E-state index is 6.42. The van der Waals surface area contributed by atoms with Gasteiger partial charge in [-0.2, -0.15) is 0 Å². The van der Waals surface area contributed by atoms with Crippen LogP contribution in [0.15, 0.2) is 52.5 Å². The molecule has 0 atom stereocenters. The first kappa shape index (κ1) is 18.5. The molecule has 3 rings (SSSR count). The molecule has 3 aromatic rings. The Kier molecular flexibility index (Phi) is 6.00. The summed E-state index contributed by atoms with van der Waals surface area (Å²) in [5.41, 5.74) is 2.68. The molecule has 0 aliphatic heterocycles. The van der Waals surface area contributed by atoms with Crippen molar-refractivity contribution in [3.05, 3.63) is 53.0 Å². The maximum Gasteiger partial charge on any atom is 0.243 e. The van der Waals surface area contributed by atoms with Crippen LogP contribution in [0, 0.1) is 6.92 Å². The fraction of sp³-hybridized carbons (Fsp3) is 0.333. The molecule has 0 saturated carbocycles. The molecule has 0 N–H and O–H groups in total. The lowest BCUT2D eigenvalue weighted by Crippen LogP contribution is -2.28. The molecule has 0 saturated heterocycles. The monoisotopic (exact) mass is 389 g/mol. The number of likely N-dealkylation sites (N-methyl/N-ethyl adjacent to an activating group) is 1. The SMILES string of the molecule is CCN(CCn1cc[n+](C)c1)c1ccc(/N=N/c2nc(C)cs2)c(Cl)c1. The number of nitrogens with zero attached hydrogens (tertiary/aromatic N) is 6. The average molecular weight is 390 g/mol. The van der Waals surface area contributed by atoms with Gasteiger partial charge in [-0.25, -0.2) is 14.1 Å². The zero-order valence-corrected chi connectivity index (χ0v) is 16.7. The first-order chi connectivity index (χ1) is 12.5. The molecule has 136 valence electrons. The van der Waals surface area contributed by atoms with Crippen LogP contribution in [0.25, 0.3) is 0 Å². The summed E-state index contributed by atoms with van der Waals surface area (Å²) in [4.78, 5) is 6.56. The summed E-state index contributed by atoms with van der Waals surface area (Å²) >= 11 is 7.88. The van der Waals surface area contributed by atoms with E-state index in [1.54, 1.807) is 0 Å². The van der Waals surface area contributed by atoms with Crippen LogP contribution in [0.5, 0.6) is 0 Å². The van der Waals surface area contributed by atoms with Crippen LogP contribution in [-0.2, 0) is 13.6 Å². The van der Waals surface area contributed by atoms with Gasteiger partial charge in [-0.05, 0) is 32.0 Å². The highest BCUT2D eigenvalue weighted by molar-refractivity contribution is 7.13. The molecule has 0 amide bonds.